The number of methoxy groups -OCH3 is 1. The normalized spacial score (nSPS) is 14.4. The Balaban J connectivity index is 1.76. The second-order valence-corrected chi connectivity index (χ2v) is 7.95. The molecule has 166 valence electrons. The number of aromatic nitrogens is 4. The van der Waals surface area contributed by atoms with E-state index in [1.807, 2.05) is 16.7 Å². The summed E-state index contributed by atoms with van der Waals surface area (Å²) in [6.45, 7) is 8.71. The molecule has 0 spiro atoms. The van der Waals surface area contributed by atoms with Crippen molar-refractivity contribution in [1.29, 1.82) is 0 Å². The van der Waals surface area contributed by atoms with Gasteiger partial charge in [-0.15, -0.1) is 0 Å². The molecule has 0 unspecified atom stereocenters. The maximum Gasteiger partial charge on any atom is 0.222 e. The summed E-state index contributed by atoms with van der Waals surface area (Å²) < 4.78 is 21.8. The van der Waals surface area contributed by atoms with E-state index >= 15 is 0 Å². The number of hydrogen-bond donors (Lipinski definition) is 1. The molecule has 33 heavy (non-hydrogen) atoms. The lowest BCUT2D eigenvalue weighted by molar-refractivity contribution is 0.398. The zero-order valence-corrected chi connectivity index (χ0v) is 18.1. The second kappa shape index (κ2) is 8.48. The first-order valence-corrected chi connectivity index (χ1v) is 10.6. The fraction of sp³-hybridized carbons (Fsp3) is 0.250. The van der Waals surface area contributed by atoms with Crippen molar-refractivity contribution >= 4 is 17.3 Å². The van der Waals surface area contributed by atoms with Gasteiger partial charge in [-0.1, -0.05) is 12.1 Å². The van der Waals surface area contributed by atoms with Crippen LogP contribution in [0.25, 0.3) is 32.9 Å². The highest BCUT2D eigenvalue weighted by Gasteiger charge is 2.24. The van der Waals surface area contributed by atoms with E-state index in [0.29, 0.717) is 22.8 Å². The Bertz CT molecular complexity index is 1350. The number of hydrogen-bond acceptors (Lipinski definition) is 6. The number of fused-ring (bicyclic) bond motifs is 1. The molecule has 2 N–H and O–H groups in total. The first kappa shape index (κ1) is 20.8. The third-order valence-electron chi connectivity index (χ3n) is 5.93. The fourth-order valence-electron chi connectivity index (χ4n) is 4.16. The monoisotopic (exact) mass is 443 g/mol. The van der Waals surface area contributed by atoms with Crippen LogP contribution in [0.15, 0.2) is 48.9 Å². The van der Waals surface area contributed by atoms with E-state index in [1.165, 1.54) is 12.1 Å². The van der Waals surface area contributed by atoms with Crippen LogP contribution in [0.4, 0.5) is 16.0 Å². The number of benzene rings is 1. The molecule has 0 bridgehead atoms. The highest BCUT2D eigenvalue weighted by Crippen LogP contribution is 2.37. The Hall–Kier alpha value is -4.03. The molecule has 5 rings (SSSR count). The minimum atomic E-state index is -0.586. The Morgan fingerprint density at radius 3 is 2.61 bits per heavy atom. The van der Waals surface area contributed by atoms with Crippen molar-refractivity contribution in [1.82, 2.24) is 19.4 Å². The maximum absolute atomic E-state index is 14.6. The number of rotatable bonds is 4. The molecule has 1 saturated heterocycles. The maximum atomic E-state index is 14.6. The predicted octanol–water partition coefficient (Wildman–Crippen LogP) is 4.08. The van der Waals surface area contributed by atoms with Gasteiger partial charge in [0.15, 0.2) is 0 Å². The molecule has 4 heterocycles. The largest absolute Gasteiger partial charge is 0.481 e. The summed E-state index contributed by atoms with van der Waals surface area (Å²) in [5, 5.41) is 0. The summed E-state index contributed by atoms with van der Waals surface area (Å²) in [7, 11) is 1.56. The molecule has 9 heteroatoms. The predicted molar refractivity (Wildman–Crippen MR) is 124 cm³/mol. The van der Waals surface area contributed by atoms with Gasteiger partial charge >= 0.3 is 0 Å². The number of anilines is 1. The molecule has 3 aromatic heterocycles. The molecule has 4 aromatic rings. The van der Waals surface area contributed by atoms with Crippen molar-refractivity contribution in [2.45, 2.75) is 18.9 Å². The van der Waals surface area contributed by atoms with Gasteiger partial charge in [0.05, 0.1) is 24.9 Å². The number of imidazole rings is 1. The van der Waals surface area contributed by atoms with E-state index < -0.39 is 5.82 Å². The SMILES string of the molecule is [C-]#[N+]c1ccc(-c2nc(N3CCC(N)CC3)n3ccnc3c2-c2ccc(OC)nc2)cc1F. The molecule has 1 fully saturated rings. The van der Waals surface area contributed by atoms with Crippen molar-refractivity contribution in [2.24, 2.45) is 5.73 Å². The molecule has 0 atom stereocenters. The summed E-state index contributed by atoms with van der Waals surface area (Å²) >= 11 is 0. The van der Waals surface area contributed by atoms with E-state index in [2.05, 4.69) is 19.7 Å². The van der Waals surface area contributed by atoms with Crippen LogP contribution in [0.2, 0.25) is 0 Å². The van der Waals surface area contributed by atoms with Crippen LogP contribution >= 0.6 is 0 Å². The van der Waals surface area contributed by atoms with Gasteiger partial charge in [-0.25, -0.2) is 24.2 Å². The van der Waals surface area contributed by atoms with E-state index in [0.717, 1.165) is 43.0 Å². The summed E-state index contributed by atoms with van der Waals surface area (Å²) in [4.78, 5) is 19.4. The smallest absolute Gasteiger partial charge is 0.222 e. The third kappa shape index (κ3) is 3.75. The summed E-state index contributed by atoms with van der Waals surface area (Å²) in [5.41, 5.74) is 9.40. The second-order valence-electron chi connectivity index (χ2n) is 7.95. The average Bonchev–Trinajstić information content (AvgIpc) is 3.33. The van der Waals surface area contributed by atoms with Gasteiger partial charge in [-0.05, 0) is 25.0 Å². The first-order chi connectivity index (χ1) is 16.1. The van der Waals surface area contributed by atoms with Crippen molar-refractivity contribution < 1.29 is 9.13 Å². The summed E-state index contributed by atoms with van der Waals surface area (Å²) in [5.74, 6) is 0.627. The molecular weight excluding hydrogens is 421 g/mol. The van der Waals surface area contributed by atoms with Crippen LogP contribution in [0, 0.1) is 12.4 Å². The van der Waals surface area contributed by atoms with Crippen LogP contribution in [0.1, 0.15) is 12.8 Å². The highest BCUT2D eigenvalue weighted by molar-refractivity contribution is 5.91. The van der Waals surface area contributed by atoms with E-state index in [9.17, 15) is 4.39 Å². The molecule has 1 aliphatic rings. The summed E-state index contributed by atoms with van der Waals surface area (Å²) in [6, 6.07) is 8.37. The molecule has 0 saturated carbocycles. The average molecular weight is 443 g/mol. The third-order valence-corrected chi connectivity index (χ3v) is 5.93. The quantitative estimate of drug-likeness (QED) is 0.478. The van der Waals surface area contributed by atoms with Crippen LogP contribution in [0.3, 0.4) is 0 Å². The molecule has 1 aliphatic heterocycles. The number of pyridine rings is 1. The minimum Gasteiger partial charge on any atom is -0.481 e. The lowest BCUT2D eigenvalue weighted by Gasteiger charge is -2.32. The van der Waals surface area contributed by atoms with Gasteiger partial charge in [-0.2, -0.15) is 0 Å². The lowest BCUT2D eigenvalue weighted by Crippen LogP contribution is -2.40. The Morgan fingerprint density at radius 2 is 1.94 bits per heavy atom. The summed E-state index contributed by atoms with van der Waals surface area (Å²) in [6.07, 6.45) is 7.02. The van der Waals surface area contributed by atoms with E-state index in [-0.39, 0.29) is 11.7 Å². The number of ether oxygens (including phenoxy) is 1. The van der Waals surface area contributed by atoms with Crippen LogP contribution < -0.4 is 15.4 Å². The number of piperidine rings is 1. The highest BCUT2D eigenvalue weighted by atomic mass is 19.1. The van der Waals surface area contributed by atoms with Crippen molar-refractivity contribution in [2.75, 3.05) is 25.1 Å². The van der Waals surface area contributed by atoms with Crippen LogP contribution in [-0.4, -0.2) is 45.6 Å². The molecule has 0 radical (unpaired) electrons. The first-order valence-electron chi connectivity index (χ1n) is 10.6. The molecule has 0 amide bonds. The van der Waals surface area contributed by atoms with Crippen LogP contribution in [-0.2, 0) is 0 Å². The van der Waals surface area contributed by atoms with Gasteiger partial charge in [0.25, 0.3) is 0 Å². The topological polar surface area (TPSA) is 85.9 Å². The van der Waals surface area contributed by atoms with Gasteiger partial charge in [-0.3, -0.25) is 4.40 Å². The van der Waals surface area contributed by atoms with Crippen molar-refractivity contribution in [3.8, 4) is 28.3 Å². The van der Waals surface area contributed by atoms with Crippen LogP contribution in [0.5, 0.6) is 5.88 Å². The molecular formula is C24H22FN7O. The number of nitrogens with two attached hydrogens (primary N) is 1. The van der Waals surface area contributed by atoms with E-state index in [4.69, 9.17) is 22.0 Å². The van der Waals surface area contributed by atoms with E-state index in [1.54, 1.807) is 31.6 Å². The zero-order chi connectivity index (χ0) is 22.9. The zero-order valence-electron chi connectivity index (χ0n) is 18.1. The Labute approximate surface area is 190 Å². The van der Waals surface area contributed by atoms with Crippen molar-refractivity contribution in [3.05, 3.63) is 66.2 Å². The lowest BCUT2D eigenvalue weighted by atomic mass is 10.0. The van der Waals surface area contributed by atoms with Gasteiger partial charge in [0.1, 0.15) is 11.5 Å². The van der Waals surface area contributed by atoms with Crippen molar-refractivity contribution in [3.63, 3.8) is 0 Å². The standard InChI is InChI=1S/C24H22FN7O/c1-27-19-5-3-15(13-18(19)25)22-21(16-4-6-20(33-2)29-14-16)23-28-9-12-32(23)24(30-22)31-10-7-17(26)8-11-31/h3-6,9,12-14,17H,7-8,10-11,26H2,2H3. The molecule has 8 nitrogen and oxygen atoms in total. The fourth-order valence-corrected chi connectivity index (χ4v) is 4.16. The molecule has 1 aromatic carbocycles. The molecule has 0 aliphatic carbocycles. The number of halogens is 1. The van der Waals surface area contributed by atoms with Gasteiger partial charge in [0, 0.05) is 54.9 Å². The Kier molecular flexibility index (Phi) is 5.36. The minimum absolute atomic E-state index is 0.0291. The van der Waals surface area contributed by atoms with Gasteiger partial charge in [0.2, 0.25) is 17.5 Å². The van der Waals surface area contributed by atoms with Gasteiger partial charge < -0.3 is 15.4 Å². The Morgan fingerprint density at radius 1 is 1.15 bits per heavy atom. The number of nitrogens with zero attached hydrogens (tertiary/aromatic N) is 6.